The van der Waals surface area contributed by atoms with Crippen LogP contribution in [0.3, 0.4) is 0 Å². The molecule has 1 aliphatic rings. The van der Waals surface area contributed by atoms with Crippen molar-refractivity contribution >= 4 is 11.9 Å². The molecule has 2 heterocycles. The molecule has 0 aromatic carbocycles. The van der Waals surface area contributed by atoms with Crippen molar-refractivity contribution in [3.8, 4) is 0 Å². The lowest BCUT2D eigenvalue weighted by Crippen LogP contribution is -2.38. The zero-order valence-corrected chi connectivity index (χ0v) is 10.5. The summed E-state index contributed by atoms with van der Waals surface area (Å²) in [7, 11) is 0. The molecular formula is C11H15N5O3. The van der Waals surface area contributed by atoms with E-state index in [1.54, 1.807) is 6.92 Å². The number of hydrogen-bond donors (Lipinski definition) is 3. The Kier molecular flexibility index (Phi) is 3.91. The molecule has 0 saturated carbocycles. The number of nitrogens with zero attached hydrogens (tertiary/aromatic N) is 3. The van der Waals surface area contributed by atoms with Gasteiger partial charge in [-0.3, -0.25) is 4.79 Å². The number of carbonyl (C=O) groups is 2. The van der Waals surface area contributed by atoms with Crippen LogP contribution in [0.25, 0.3) is 0 Å². The van der Waals surface area contributed by atoms with E-state index in [2.05, 4.69) is 20.9 Å². The van der Waals surface area contributed by atoms with E-state index < -0.39 is 5.97 Å². The molecule has 0 atom stereocenters. The highest BCUT2D eigenvalue weighted by atomic mass is 16.4. The fraction of sp³-hybridized carbons (Fsp3) is 0.455. The summed E-state index contributed by atoms with van der Waals surface area (Å²) >= 11 is 0. The van der Waals surface area contributed by atoms with Crippen molar-refractivity contribution in [1.82, 2.24) is 25.6 Å². The molecule has 19 heavy (non-hydrogen) atoms. The van der Waals surface area contributed by atoms with Gasteiger partial charge in [0.25, 0.3) is 0 Å². The highest BCUT2D eigenvalue weighted by Gasteiger charge is 2.15. The summed E-state index contributed by atoms with van der Waals surface area (Å²) in [6, 6.07) is 0. The first-order valence-corrected chi connectivity index (χ1v) is 5.89. The second kappa shape index (κ2) is 5.61. The average molecular weight is 265 g/mol. The Morgan fingerprint density at radius 3 is 2.79 bits per heavy atom. The number of rotatable bonds is 5. The van der Waals surface area contributed by atoms with Gasteiger partial charge in [0.1, 0.15) is 0 Å². The van der Waals surface area contributed by atoms with E-state index >= 15 is 0 Å². The standard InChI is InChI=1S/C11H15N5O3/c1-7(8-4-12-5-8)10(17)13-2-3-16-6-9(11(18)19)14-15-16/h6,12H,2-5H2,1H3,(H,13,17)(H,18,19). The van der Waals surface area contributed by atoms with E-state index in [4.69, 9.17) is 5.11 Å². The predicted octanol–water partition coefficient (Wildman–Crippen LogP) is -0.988. The molecule has 102 valence electrons. The van der Waals surface area contributed by atoms with E-state index in [0.29, 0.717) is 13.1 Å². The summed E-state index contributed by atoms with van der Waals surface area (Å²) in [5.74, 6) is -1.22. The maximum absolute atomic E-state index is 11.7. The van der Waals surface area contributed by atoms with E-state index in [0.717, 1.165) is 24.2 Å². The molecular weight excluding hydrogens is 250 g/mol. The zero-order chi connectivity index (χ0) is 13.8. The minimum atomic E-state index is -1.12. The lowest BCUT2D eigenvalue weighted by Gasteiger charge is -2.21. The molecule has 1 aromatic rings. The summed E-state index contributed by atoms with van der Waals surface area (Å²) in [4.78, 5) is 22.3. The number of hydrogen-bond acceptors (Lipinski definition) is 5. The molecule has 2 rings (SSSR count). The quantitative estimate of drug-likeness (QED) is 0.590. The van der Waals surface area contributed by atoms with Crippen LogP contribution in [0.4, 0.5) is 0 Å². The fourth-order valence-electron chi connectivity index (χ4n) is 1.60. The third-order valence-corrected chi connectivity index (χ3v) is 2.93. The molecule has 1 aromatic heterocycles. The van der Waals surface area contributed by atoms with Crippen LogP contribution in [0.1, 0.15) is 17.4 Å². The Hall–Kier alpha value is -2.22. The van der Waals surface area contributed by atoms with Crippen molar-refractivity contribution in [2.24, 2.45) is 0 Å². The minimum absolute atomic E-state index is 0.102. The molecule has 0 aliphatic carbocycles. The largest absolute Gasteiger partial charge is 0.476 e. The van der Waals surface area contributed by atoms with E-state index in [-0.39, 0.29) is 11.6 Å². The lowest BCUT2D eigenvalue weighted by molar-refractivity contribution is -0.117. The van der Waals surface area contributed by atoms with E-state index in [1.807, 2.05) is 0 Å². The minimum Gasteiger partial charge on any atom is -0.476 e. The molecule has 1 aliphatic heterocycles. The third-order valence-electron chi connectivity index (χ3n) is 2.93. The van der Waals surface area contributed by atoms with Crippen molar-refractivity contribution < 1.29 is 14.7 Å². The maximum Gasteiger partial charge on any atom is 0.358 e. The Balaban J connectivity index is 1.79. The van der Waals surface area contributed by atoms with Gasteiger partial charge >= 0.3 is 5.97 Å². The van der Waals surface area contributed by atoms with Gasteiger partial charge in [-0.05, 0) is 12.5 Å². The number of amides is 1. The van der Waals surface area contributed by atoms with Crippen LogP contribution in [0.2, 0.25) is 0 Å². The van der Waals surface area contributed by atoms with Gasteiger partial charge in [-0.2, -0.15) is 0 Å². The molecule has 1 saturated heterocycles. The second-order valence-electron chi connectivity index (χ2n) is 4.26. The Morgan fingerprint density at radius 1 is 1.53 bits per heavy atom. The van der Waals surface area contributed by atoms with Crippen LogP contribution in [-0.4, -0.2) is 51.6 Å². The summed E-state index contributed by atoms with van der Waals surface area (Å²) < 4.78 is 1.39. The van der Waals surface area contributed by atoms with Crippen molar-refractivity contribution in [2.45, 2.75) is 13.5 Å². The van der Waals surface area contributed by atoms with E-state index in [1.165, 1.54) is 10.9 Å². The van der Waals surface area contributed by atoms with Gasteiger partial charge in [0, 0.05) is 25.2 Å². The number of aromatic nitrogens is 3. The third kappa shape index (κ3) is 3.16. The molecule has 1 amide bonds. The van der Waals surface area contributed by atoms with Crippen LogP contribution in [0.5, 0.6) is 0 Å². The topological polar surface area (TPSA) is 109 Å². The summed E-state index contributed by atoms with van der Waals surface area (Å²) in [5.41, 5.74) is 1.75. The monoisotopic (exact) mass is 265 g/mol. The highest BCUT2D eigenvalue weighted by molar-refractivity contribution is 5.93. The van der Waals surface area contributed by atoms with E-state index in [9.17, 15) is 9.59 Å². The average Bonchev–Trinajstić information content (AvgIpc) is 2.75. The number of carboxylic acid groups (broad SMARTS) is 1. The Labute approximate surface area is 109 Å². The number of carboxylic acids is 1. The van der Waals surface area contributed by atoms with Gasteiger partial charge in [0.2, 0.25) is 5.91 Å². The van der Waals surface area contributed by atoms with Crippen molar-refractivity contribution in [2.75, 3.05) is 19.6 Å². The van der Waals surface area contributed by atoms with Gasteiger partial charge < -0.3 is 15.7 Å². The molecule has 1 fully saturated rings. The number of carbonyl (C=O) groups excluding carboxylic acids is 1. The van der Waals surface area contributed by atoms with Crippen LogP contribution >= 0.6 is 0 Å². The molecule has 8 nitrogen and oxygen atoms in total. The van der Waals surface area contributed by atoms with Crippen LogP contribution in [0, 0.1) is 0 Å². The van der Waals surface area contributed by atoms with Crippen LogP contribution in [-0.2, 0) is 11.3 Å². The summed E-state index contributed by atoms with van der Waals surface area (Å²) in [6.45, 7) is 4.09. The maximum atomic E-state index is 11.7. The molecule has 0 unspecified atom stereocenters. The van der Waals surface area contributed by atoms with Gasteiger partial charge in [-0.15, -0.1) is 5.10 Å². The molecule has 3 N–H and O–H groups in total. The van der Waals surface area contributed by atoms with Crippen LogP contribution < -0.4 is 10.6 Å². The normalized spacial score (nSPS) is 13.8. The first kappa shape index (κ1) is 13.2. The van der Waals surface area contributed by atoms with Gasteiger partial charge in [-0.1, -0.05) is 5.21 Å². The molecule has 0 radical (unpaired) electrons. The highest BCUT2D eigenvalue weighted by Crippen LogP contribution is 2.08. The fourth-order valence-corrected chi connectivity index (χ4v) is 1.60. The first-order chi connectivity index (χ1) is 9.08. The van der Waals surface area contributed by atoms with Crippen molar-refractivity contribution in [3.63, 3.8) is 0 Å². The SMILES string of the molecule is CC(C(=O)NCCn1cc(C(=O)O)nn1)=C1CNC1. The number of nitrogens with one attached hydrogen (secondary N) is 2. The zero-order valence-electron chi connectivity index (χ0n) is 10.5. The van der Waals surface area contributed by atoms with Crippen LogP contribution in [0.15, 0.2) is 17.3 Å². The van der Waals surface area contributed by atoms with Crippen molar-refractivity contribution in [1.29, 1.82) is 0 Å². The molecule has 0 spiro atoms. The molecule has 8 heteroatoms. The predicted molar refractivity (Wildman–Crippen MR) is 65.6 cm³/mol. The lowest BCUT2D eigenvalue weighted by atomic mass is 10.0. The second-order valence-corrected chi connectivity index (χ2v) is 4.26. The Bertz CT molecular complexity index is 528. The number of aromatic carboxylic acids is 1. The first-order valence-electron chi connectivity index (χ1n) is 5.89. The van der Waals surface area contributed by atoms with Gasteiger partial charge in [-0.25, -0.2) is 9.48 Å². The molecule has 0 bridgehead atoms. The summed E-state index contributed by atoms with van der Waals surface area (Å²) in [6.07, 6.45) is 1.33. The van der Waals surface area contributed by atoms with Gasteiger partial charge in [0.05, 0.1) is 12.7 Å². The summed E-state index contributed by atoms with van der Waals surface area (Å²) in [5, 5.41) is 21.7. The van der Waals surface area contributed by atoms with Crippen molar-refractivity contribution in [3.05, 3.63) is 23.0 Å². The van der Waals surface area contributed by atoms with Gasteiger partial charge in [0.15, 0.2) is 5.69 Å². The smallest absolute Gasteiger partial charge is 0.358 e. The Morgan fingerprint density at radius 2 is 2.26 bits per heavy atom.